The van der Waals surface area contributed by atoms with E-state index in [4.69, 9.17) is 9.47 Å². The quantitative estimate of drug-likeness (QED) is 0.0854. The molecule has 2 rings (SSSR count). The Balaban J connectivity index is 1.61. The van der Waals surface area contributed by atoms with Crippen LogP contribution in [0.3, 0.4) is 0 Å². The van der Waals surface area contributed by atoms with Crippen LogP contribution in [0.5, 0.6) is 5.75 Å². The van der Waals surface area contributed by atoms with Gasteiger partial charge in [0.05, 0.1) is 33.9 Å². The van der Waals surface area contributed by atoms with Gasteiger partial charge in [-0.25, -0.2) is 0 Å². The number of esters is 1. The Bertz CT molecular complexity index is 896. The first-order chi connectivity index (χ1) is 18.9. The van der Waals surface area contributed by atoms with Crippen LogP contribution in [0.4, 0.5) is 0 Å². The lowest BCUT2D eigenvalue weighted by atomic mass is 10.0. The number of hydrogen-bond donors (Lipinski definition) is 0. The van der Waals surface area contributed by atoms with Gasteiger partial charge in [0.25, 0.3) is 0 Å². The molecule has 4 heteroatoms. The Morgan fingerprint density at radius 3 is 2.05 bits per heavy atom. The fourth-order valence-electron chi connectivity index (χ4n) is 5.26. The van der Waals surface area contributed by atoms with E-state index in [2.05, 4.69) is 76.5 Å². The van der Waals surface area contributed by atoms with Crippen LogP contribution in [-0.2, 0) is 22.5 Å². The van der Waals surface area contributed by atoms with Crippen LogP contribution < -0.4 is 4.74 Å². The zero-order valence-corrected chi connectivity index (χ0v) is 25.5. The van der Waals surface area contributed by atoms with Crippen molar-refractivity contribution in [3.8, 4) is 5.75 Å². The molecular weight excluding hydrogens is 482 g/mol. The Kier molecular flexibility index (Phi) is 16.6. The fourth-order valence-corrected chi connectivity index (χ4v) is 5.26. The minimum atomic E-state index is -0.0760. The molecule has 4 nitrogen and oxygen atoms in total. The fraction of sp³-hybridized carbons (Fsp3) is 0.629. The van der Waals surface area contributed by atoms with Crippen molar-refractivity contribution in [2.24, 2.45) is 5.92 Å². The molecule has 0 aromatic heterocycles. The third kappa shape index (κ3) is 14.6. The van der Waals surface area contributed by atoms with E-state index in [1.54, 1.807) is 0 Å². The molecule has 0 amide bonds. The first kappa shape index (κ1) is 32.9. The molecule has 0 spiro atoms. The lowest BCUT2D eigenvalue weighted by Crippen LogP contribution is -2.44. The smallest absolute Gasteiger partial charge is 0.314 e. The third-order valence-electron chi connectivity index (χ3n) is 7.56. The summed E-state index contributed by atoms with van der Waals surface area (Å²) in [4.78, 5) is 12.8. The summed E-state index contributed by atoms with van der Waals surface area (Å²) in [5.41, 5.74) is 2.61. The zero-order chi connectivity index (χ0) is 28.2. The second-order valence-electron chi connectivity index (χ2n) is 11.8. The molecule has 218 valence electrons. The maximum atomic E-state index is 12.8. The van der Waals surface area contributed by atoms with E-state index >= 15 is 0 Å². The molecule has 0 aliphatic rings. The molecule has 0 bridgehead atoms. The van der Waals surface area contributed by atoms with Crippen molar-refractivity contribution < 1.29 is 18.8 Å². The van der Waals surface area contributed by atoms with Crippen molar-refractivity contribution in [2.75, 3.05) is 33.9 Å². The minimum Gasteiger partial charge on any atom is -0.493 e. The van der Waals surface area contributed by atoms with E-state index < -0.39 is 0 Å². The number of para-hydroxylation sites is 1. The summed E-state index contributed by atoms with van der Waals surface area (Å²) in [5.74, 6) is 0.871. The number of rotatable bonds is 22. The average Bonchev–Trinajstić information content (AvgIpc) is 2.93. The van der Waals surface area contributed by atoms with E-state index in [0.717, 1.165) is 49.0 Å². The summed E-state index contributed by atoms with van der Waals surface area (Å²) >= 11 is 0. The first-order valence-electron chi connectivity index (χ1n) is 15.7. The molecule has 0 heterocycles. The number of carbonyl (C=O) groups is 1. The molecule has 0 aliphatic heterocycles. The van der Waals surface area contributed by atoms with Gasteiger partial charge in [0.1, 0.15) is 18.2 Å². The monoisotopic (exact) mass is 538 g/mol. The van der Waals surface area contributed by atoms with Gasteiger partial charge in [-0.05, 0) is 43.7 Å². The van der Waals surface area contributed by atoms with Crippen molar-refractivity contribution in [2.45, 2.75) is 104 Å². The number of unbranched alkanes of at least 4 members (excludes halogenated alkanes) is 9. The maximum absolute atomic E-state index is 12.8. The molecule has 0 saturated carbocycles. The average molecular weight is 539 g/mol. The normalized spacial score (nSPS) is 12.3. The third-order valence-corrected chi connectivity index (χ3v) is 7.56. The summed E-state index contributed by atoms with van der Waals surface area (Å²) in [6.45, 7) is 7.16. The molecule has 39 heavy (non-hydrogen) atoms. The van der Waals surface area contributed by atoms with Crippen molar-refractivity contribution >= 4 is 5.97 Å². The van der Waals surface area contributed by atoms with Crippen molar-refractivity contribution in [1.29, 1.82) is 0 Å². The number of carbonyl (C=O) groups excluding carboxylic acids is 1. The summed E-state index contributed by atoms with van der Waals surface area (Å²) in [5, 5.41) is 0. The highest BCUT2D eigenvalue weighted by atomic mass is 16.5. The van der Waals surface area contributed by atoms with Crippen LogP contribution in [0.15, 0.2) is 54.6 Å². The Hall–Kier alpha value is -2.33. The number of benzene rings is 2. The van der Waals surface area contributed by atoms with Gasteiger partial charge >= 0.3 is 5.97 Å². The van der Waals surface area contributed by atoms with Gasteiger partial charge in [0.2, 0.25) is 0 Å². The van der Waals surface area contributed by atoms with Gasteiger partial charge in [-0.2, -0.15) is 0 Å². The van der Waals surface area contributed by atoms with Crippen molar-refractivity contribution in [3.63, 3.8) is 0 Å². The van der Waals surface area contributed by atoms with Crippen LogP contribution in [0.25, 0.3) is 0 Å². The molecule has 0 saturated heterocycles. The molecule has 0 radical (unpaired) electrons. The van der Waals surface area contributed by atoms with Gasteiger partial charge < -0.3 is 14.0 Å². The number of nitrogens with zero attached hydrogens (tertiary/aromatic N) is 1. The maximum Gasteiger partial charge on any atom is 0.314 e. The van der Waals surface area contributed by atoms with Crippen LogP contribution >= 0.6 is 0 Å². The highest BCUT2D eigenvalue weighted by molar-refractivity contribution is 5.72. The highest BCUT2D eigenvalue weighted by Crippen LogP contribution is 2.22. The molecule has 2 aromatic rings. The number of quaternary nitrogens is 1. The predicted octanol–water partition coefficient (Wildman–Crippen LogP) is 8.76. The van der Waals surface area contributed by atoms with E-state index in [1.807, 2.05) is 6.07 Å². The van der Waals surface area contributed by atoms with E-state index in [1.165, 1.54) is 68.9 Å². The Morgan fingerprint density at radius 2 is 1.36 bits per heavy atom. The summed E-state index contributed by atoms with van der Waals surface area (Å²) in [7, 11) is 4.38. The Labute approximate surface area is 239 Å². The summed E-state index contributed by atoms with van der Waals surface area (Å²) < 4.78 is 12.6. The van der Waals surface area contributed by atoms with Gasteiger partial charge in [-0.15, -0.1) is 0 Å². The van der Waals surface area contributed by atoms with E-state index in [-0.39, 0.29) is 11.9 Å². The molecular formula is C35H56NO3+. The number of hydrogen-bond acceptors (Lipinski definition) is 3. The van der Waals surface area contributed by atoms with Gasteiger partial charge in [-0.3, -0.25) is 4.79 Å². The molecule has 0 aliphatic carbocycles. The second-order valence-corrected chi connectivity index (χ2v) is 11.8. The minimum absolute atomic E-state index is 0.0658. The molecule has 0 fully saturated rings. The lowest BCUT2D eigenvalue weighted by Gasteiger charge is -2.32. The van der Waals surface area contributed by atoms with Crippen LogP contribution in [0.2, 0.25) is 0 Å². The summed E-state index contributed by atoms with van der Waals surface area (Å²) in [6.07, 6.45) is 15.7. The predicted molar refractivity (Wildman–Crippen MR) is 164 cm³/mol. The van der Waals surface area contributed by atoms with Gasteiger partial charge in [0, 0.05) is 5.56 Å². The van der Waals surface area contributed by atoms with Crippen LogP contribution in [0, 0.1) is 5.92 Å². The molecule has 2 aromatic carbocycles. The first-order valence-corrected chi connectivity index (χ1v) is 15.7. The van der Waals surface area contributed by atoms with Crippen molar-refractivity contribution in [3.05, 3.63) is 65.7 Å². The number of ether oxygens (including phenoxy) is 2. The lowest BCUT2D eigenvalue weighted by molar-refractivity contribution is -0.906. The highest BCUT2D eigenvalue weighted by Gasteiger charge is 2.27. The SMILES string of the molecule is CCCCCCCCCCCc1ccccc1OCCCCOC(=O)C(CC)C[N+](C)(C)Cc1ccccc1. The van der Waals surface area contributed by atoms with E-state index in [0.29, 0.717) is 13.2 Å². The number of aryl methyl sites for hydroxylation is 1. The van der Waals surface area contributed by atoms with Crippen LogP contribution in [0.1, 0.15) is 102 Å². The van der Waals surface area contributed by atoms with Gasteiger partial charge in [0.15, 0.2) is 0 Å². The molecule has 0 N–H and O–H groups in total. The largest absolute Gasteiger partial charge is 0.493 e. The molecule has 1 unspecified atom stereocenters. The molecule has 1 atom stereocenters. The zero-order valence-electron chi connectivity index (χ0n) is 25.5. The van der Waals surface area contributed by atoms with Crippen LogP contribution in [-0.4, -0.2) is 44.3 Å². The van der Waals surface area contributed by atoms with E-state index in [9.17, 15) is 4.79 Å². The Morgan fingerprint density at radius 1 is 0.744 bits per heavy atom. The van der Waals surface area contributed by atoms with Crippen molar-refractivity contribution in [1.82, 2.24) is 0 Å². The van der Waals surface area contributed by atoms with Gasteiger partial charge in [-0.1, -0.05) is 114 Å². The summed E-state index contributed by atoms with van der Waals surface area (Å²) in [6, 6.07) is 18.9. The second kappa shape index (κ2) is 19.7. The standard InChI is InChI=1S/C35H56NO3/c1-5-7-8-9-10-11-12-13-17-24-33-25-18-19-26-34(33)38-27-20-21-28-39-35(37)32(6-2)30-36(3,4)29-31-22-15-14-16-23-31/h14-16,18-19,22-23,25-26,32H,5-13,17,20-21,24,27-30H2,1-4H3/q+1. The topological polar surface area (TPSA) is 35.5 Å².